The maximum absolute atomic E-state index is 5.85. The third-order valence-electron chi connectivity index (χ3n) is 2.70. The molecule has 0 radical (unpaired) electrons. The Labute approximate surface area is 116 Å². The molecule has 1 aromatic carbocycles. The van der Waals surface area contributed by atoms with Crippen LogP contribution in [-0.4, -0.2) is 17.2 Å². The minimum Gasteiger partial charge on any atom is -0.363 e. The molecular formula is C13H16ClN3S. The lowest BCUT2D eigenvalue weighted by atomic mass is 10.1. The summed E-state index contributed by atoms with van der Waals surface area (Å²) in [4.78, 5) is 0. The van der Waals surface area contributed by atoms with Gasteiger partial charge in [0.05, 0.1) is 0 Å². The average Bonchev–Trinajstić information content (AvgIpc) is 2.85. The number of benzene rings is 1. The zero-order valence-corrected chi connectivity index (χ0v) is 11.9. The summed E-state index contributed by atoms with van der Waals surface area (Å²) in [6.07, 6.45) is 4.40. The van der Waals surface area contributed by atoms with Gasteiger partial charge in [-0.2, -0.15) is 0 Å². The molecule has 5 heteroatoms. The fourth-order valence-corrected chi connectivity index (χ4v) is 2.57. The van der Waals surface area contributed by atoms with Crippen LogP contribution in [0.5, 0.6) is 0 Å². The molecule has 0 saturated carbocycles. The van der Waals surface area contributed by atoms with Gasteiger partial charge in [0.1, 0.15) is 5.01 Å². The molecule has 0 bridgehead atoms. The van der Waals surface area contributed by atoms with Crippen molar-refractivity contribution in [1.29, 1.82) is 0 Å². The Hall–Kier alpha value is -1.13. The summed E-state index contributed by atoms with van der Waals surface area (Å²) in [6.45, 7) is 0. The molecular weight excluding hydrogens is 266 g/mol. The van der Waals surface area contributed by atoms with Gasteiger partial charge in [-0.1, -0.05) is 35.1 Å². The maximum Gasteiger partial charge on any atom is 0.205 e. The van der Waals surface area contributed by atoms with Crippen LogP contribution in [0.3, 0.4) is 0 Å². The molecule has 0 fully saturated rings. The first-order valence-electron chi connectivity index (χ1n) is 6.02. The van der Waals surface area contributed by atoms with Gasteiger partial charge in [-0.15, -0.1) is 10.2 Å². The molecule has 1 N–H and O–H groups in total. The van der Waals surface area contributed by atoms with Gasteiger partial charge < -0.3 is 5.32 Å². The number of anilines is 1. The zero-order chi connectivity index (χ0) is 12.8. The SMILES string of the molecule is CNc1nnc(CCCCc2ccc(Cl)cc2)s1. The van der Waals surface area contributed by atoms with Gasteiger partial charge in [-0.05, 0) is 37.0 Å². The molecule has 1 aromatic heterocycles. The maximum atomic E-state index is 5.85. The van der Waals surface area contributed by atoms with Gasteiger partial charge in [-0.25, -0.2) is 0 Å². The van der Waals surface area contributed by atoms with Crippen LogP contribution in [0.2, 0.25) is 5.02 Å². The smallest absolute Gasteiger partial charge is 0.205 e. The molecule has 0 aliphatic carbocycles. The van der Waals surface area contributed by atoms with E-state index in [4.69, 9.17) is 11.6 Å². The van der Waals surface area contributed by atoms with Gasteiger partial charge >= 0.3 is 0 Å². The number of nitrogens with zero attached hydrogens (tertiary/aromatic N) is 2. The Morgan fingerprint density at radius 2 is 1.83 bits per heavy atom. The second kappa shape index (κ2) is 6.71. The number of rotatable bonds is 6. The van der Waals surface area contributed by atoms with E-state index >= 15 is 0 Å². The topological polar surface area (TPSA) is 37.8 Å². The van der Waals surface area contributed by atoms with E-state index in [0.29, 0.717) is 0 Å². The van der Waals surface area contributed by atoms with Crippen molar-refractivity contribution in [3.63, 3.8) is 0 Å². The van der Waals surface area contributed by atoms with Gasteiger partial charge in [-0.3, -0.25) is 0 Å². The summed E-state index contributed by atoms with van der Waals surface area (Å²) in [5.74, 6) is 0. The zero-order valence-electron chi connectivity index (χ0n) is 10.3. The Kier molecular flexibility index (Phi) is 4.96. The highest BCUT2D eigenvalue weighted by atomic mass is 35.5. The van der Waals surface area contributed by atoms with Crippen molar-refractivity contribution in [2.24, 2.45) is 0 Å². The summed E-state index contributed by atoms with van der Waals surface area (Å²) >= 11 is 7.48. The predicted molar refractivity (Wildman–Crippen MR) is 77.5 cm³/mol. The summed E-state index contributed by atoms with van der Waals surface area (Å²) in [5.41, 5.74) is 1.34. The minimum absolute atomic E-state index is 0.798. The van der Waals surface area contributed by atoms with E-state index in [9.17, 15) is 0 Å². The molecule has 96 valence electrons. The van der Waals surface area contributed by atoms with Gasteiger partial charge in [0, 0.05) is 18.5 Å². The van der Waals surface area contributed by atoms with Crippen molar-refractivity contribution in [3.05, 3.63) is 39.9 Å². The van der Waals surface area contributed by atoms with Crippen LogP contribution >= 0.6 is 22.9 Å². The van der Waals surface area contributed by atoms with E-state index < -0.39 is 0 Å². The quantitative estimate of drug-likeness (QED) is 0.819. The first-order chi connectivity index (χ1) is 8.78. The van der Waals surface area contributed by atoms with Gasteiger partial charge in [0.25, 0.3) is 0 Å². The summed E-state index contributed by atoms with van der Waals surface area (Å²) in [5, 5.41) is 14.0. The van der Waals surface area contributed by atoms with Crippen molar-refractivity contribution in [2.75, 3.05) is 12.4 Å². The van der Waals surface area contributed by atoms with E-state index in [1.54, 1.807) is 11.3 Å². The van der Waals surface area contributed by atoms with Crippen LogP contribution in [0.1, 0.15) is 23.4 Å². The lowest BCUT2D eigenvalue weighted by Gasteiger charge is -2.00. The highest BCUT2D eigenvalue weighted by Crippen LogP contribution is 2.17. The fourth-order valence-electron chi connectivity index (χ4n) is 1.71. The van der Waals surface area contributed by atoms with E-state index in [1.165, 1.54) is 5.56 Å². The highest BCUT2D eigenvalue weighted by molar-refractivity contribution is 7.15. The molecule has 3 nitrogen and oxygen atoms in total. The normalized spacial score (nSPS) is 10.6. The predicted octanol–water partition coefficient (Wildman–Crippen LogP) is 3.80. The van der Waals surface area contributed by atoms with E-state index in [-0.39, 0.29) is 0 Å². The Morgan fingerprint density at radius 1 is 1.11 bits per heavy atom. The second-order valence-corrected chi connectivity index (χ2v) is 5.58. The molecule has 1 heterocycles. The van der Waals surface area contributed by atoms with E-state index in [2.05, 4.69) is 27.6 Å². The van der Waals surface area contributed by atoms with Crippen molar-refractivity contribution in [2.45, 2.75) is 25.7 Å². The number of aromatic nitrogens is 2. The molecule has 0 amide bonds. The number of hydrogen-bond donors (Lipinski definition) is 1. The van der Waals surface area contributed by atoms with Crippen LogP contribution in [0.4, 0.5) is 5.13 Å². The van der Waals surface area contributed by atoms with Crippen LogP contribution in [0, 0.1) is 0 Å². The third kappa shape index (κ3) is 3.96. The van der Waals surface area contributed by atoms with E-state index in [0.717, 1.165) is 40.8 Å². The number of hydrogen-bond acceptors (Lipinski definition) is 4. The average molecular weight is 282 g/mol. The summed E-state index contributed by atoms with van der Waals surface area (Å²) in [7, 11) is 1.87. The molecule has 0 atom stereocenters. The van der Waals surface area contributed by atoms with Crippen molar-refractivity contribution < 1.29 is 0 Å². The number of halogens is 1. The lowest BCUT2D eigenvalue weighted by Crippen LogP contribution is -1.89. The van der Waals surface area contributed by atoms with Crippen LogP contribution in [0.25, 0.3) is 0 Å². The van der Waals surface area contributed by atoms with Crippen molar-refractivity contribution >= 4 is 28.1 Å². The fraction of sp³-hybridized carbons (Fsp3) is 0.385. The largest absolute Gasteiger partial charge is 0.363 e. The van der Waals surface area contributed by atoms with Crippen molar-refractivity contribution in [3.8, 4) is 0 Å². The van der Waals surface area contributed by atoms with Crippen LogP contribution in [-0.2, 0) is 12.8 Å². The van der Waals surface area contributed by atoms with E-state index in [1.807, 2.05) is 19.2 Å². The Morgan fingerprint density at radius 3 is 2.50 bits per heavy atom. The molecule has 0 spiro atoms. The number of aryl methyl sites for hydroxylation is 2. The highest BCUT2D eigenvalue weighted by Gasteiger charge is 2.02. The standard InChI is InChI=1S/C13H16ClN3S/c1-15-13-17-16-12(18-13)5-3-2-4-10-6-8-11(14)9-7-10/h6-9H,2-5H2,1H3,(H,15,17). The molecule has 2 rings (SSSR count). The molecule has 0 unspecified atom stereocenters. The molecule has 2 aromatic rings. The Balaban J connectivity index is 1.71. The molecule has 0 aliphatic rings. The monoisotopic (exact) mass is 281 g/mol. The lowest BCUT2D eigenvalue weighted by molar-refractivity contribution is 0.726. The van der Waals surface area contributed by atoms with Crippen LogP contribution in [0.15, 0.2) is 24.3 Å². The third-order valence-corrected chi connectivity index (χ3v) is 3.95. The number of unbranched alkanes of at least 4 members (excludes halogenated alkanes) is 1. The summed E-state index contributed by atoms with van der Waals surface area (Å²) in [6, 6.07) is 8.07. The van der Waals surface area contributed by atoms with Crippen LogP contribution < -0.4 is 5.32 Å². The molecule has 18 heavy (non-hydrogen) atoms. The molecule has 0 saturated heterocycles. The molecule has 0 aliphatic heterocycles. The first kappa shape index (κ1) is 13.3. The second-order valence-electron chi connectivity index (χ2n) is 4.08. The van der Waals surface area contributed by atoms with Gasteiger partial charge in [0.15, 0.2) is 0 Å². The Bertz CT molecular complexity index is 481. The minimum atomic E-state index is 0.798. The number of nitrogens with one attached hydrogen (secondary N) is 1. The van der Waals surface area contributed by atoms with Crippen molar-refractivity contribution in [1.82, 2.24) is 10.2 Å². The first-order valence-corrected chi connectivity index (χ1v) is 7.22. The summed E-state index contributed by atoms with van der Waals surface area (Å²) < 4.78 is 0. The van der Waals surface area contributed by atoms with Gasteiger partial charge in [0.2, 0.25) is 5.13 Å².